The molecule has 4 rings (SSSR count). The second kappa shape index (κ2) is 8.63. The Kier molecular flexibility index (Phi) is 6.57. The van der Waals surface area contributed by atoms with Gasteiger partial charge in [0.2, 0.25) is 0 Å². The van der Waals surface area contributed by atoms with Gasteiger partial charge in [0.1, 0.15) is 0 Å². The molecule has 1 aromatic rings. The van der Waals surface area contributed by atoms with E-state index >= 15 is 0 Å². The molecule has 29 heavy (non-hydrogen) atoms. The monoisotopic (exact) mass is 398 g/mol. The second-order valence-corrected chi connectivity index (χ2v) is 10.6. The molecule has 160 valence electrons. The lowest BCUT2D eigenvalue weighted by Crippen LogP contribution is -2.47. The fourth-order valence-corrected chi connectivity index (χ4v) is 5.16. The van der Waals surface area contributed by atoms with Crippen molar-refractivity contribution in [2.75, 3.05) is 13.1 Å². The molecule has 3 aliphatic carbocycles. The van der Waals surface area contributed by atoms with Crippen molar-refractivity contribution in [3.05, 3.63) is 59.6 Å². The number of hydrogen-bond donors (Lipinski definition) is 2. The van der Waals surface area contributed by atoms with Crippen LogP contribution in [-0.4, -0.2) is 13.1 Å². The van der Waals surface area contributed by atoms with Gasteiger partial charge in [0, 0.05) is 24.2 Å². The van der Waals surface area contributed by atoms with Gasteiger partial charge in [-0.3, -0.25) is 0 Å². The summed E-state index contributed by atoms with van der Waals surface area (Å²) >= 11 is 0. The molecule has 0 heterocycles. The molecule has 0 unspecified atom stereocenters. The number of benzene rings is 1. The number of rotatable bonds is 8. The van der Waals surface area contributed by atoms with Gasteiger partial charge in [0.25, 0.3) is 0 Å². The van der Waals surface area contributed by atoms with E-state index in [4.69, 9.17) is 5.73 Å². The van der Waals surface area contributed by atoms with E-state index in [2.05, 4.69) is 56.9 Å². The van der Waals surface area contributed by atoms with E-state index in [1.54, 1.807) is 0 Å². The van der Waals surface area contributed by atoms with Crippen molar-refractivity contribution in [2.24, 2.45) is 16.6 Å². The highest BCUT2D eigenvalue weighted by Crippen LogP contribution is 2.59. The SMILES string of the molecule is C=C(NCC(C)(C)C)C12CCC(c3ccc(CC/C(=C/F)CN)cc3)(CC1)CC2. The lowest BCUT2D eigenvalue weighted by Gasteiger charge is -2.55. The van der Waals surface area contributed by atoms with Crippen LogP contribution in [0.1, 0.15) is 76.8 Å². The third-order valence-electron chi connectivity index (χ3n) is 7.44. The average molecular weight is 399 g/mol. The predicted octanol–water partition coefficient (Wildman–Crippen LogP) is 6.17. The van der Waals surface area contributed by atoms with Gasteiger partial charge in [-0.15, -0.1) is 0 Å². The summed E-state index contributed by atoms with van der Waals surface area (Å²) in [6.07, 6.45) is 9.70. The summed E-state index contributed by atoms with van der Waals surface area (Å²) < 4.78 is 12.7. The lowest BCUT2D eigenvalue weighted by atomic mass is 9.51. The zero-order valence-electron chi connectivity index (χ0n) is 18.6. The predicted molar refractivity (Wildman–Crippen MR) is 121 cm³/mol. The van der Waals surface area contributed by atoms with Crippen molar-refractivity contribution in [2.45, 2.75) is 77.6 Å². The molecule has 0 aliphatic heterocycles. The van der Waals surface area contributed by atoms with E-state index < -0.39 is 0 Å². The highest BCUT2D eigenvalue weighted by Gasteiger charge is 2.50. The van der Waals surface area contributed by atoms with Crippen LogP contribution >= 0.6 is 0 Å². The fourth-order valence-electron chi connectivity index (χ4n) is 5.16. The zero-order chi connectivity index (χ0) is 21.1. The van der Waals surface area contributed by atoms with Crippen LogP contribution in [0.3, 0.4) is 0 Å². The molecule has 3 heteroatoms. The van der Waals surface area contributed by atoms with Crippen molar-refractivity contribution >= 4 is 0 Å². The minimum Gasteiger partial charge on any atom is -0.388 e. The first-order valence-corrected chi connectivity index (χ1v) is 11.2. The normalized spacial score (nSPS) is 27.1. The minimum atomic E-state index is 0.277. The molecule has 0 radical (unpaired) electrons. The number of fused-ring (bicyclic) bond motifs is 3. The summed E-state index contributed by atoms with van der Waals surface area (Å²) in [6, 6.07) is 9.11. The molecule has 3 aliphatic rings. The van der Waals surface area contributed by atoms with Gasteiger partial charge in [-0.2, -0.15) is 0 Å². The molecule has 2 bridgehead atoms. The summed E-state index contributed by atoms with van der Waals surface area (Å²) in [6.45, 7) is 12.6. The van der Waals surface area contributed by atoms with Crippen molar-refractivity contribution in [3.63, 3.8) is 0 Å². The van der Waals surface area contributed by atoms with Gasteiger partial charge in [-0.25, -0.2) is 4.39 Å². The van der Waals surface area contributed by atoms with Crippen molar-refractivity contribution in [1.82, 2.24) is 5.32 Å². The molecule has 3 N–H and O–H groups in total. The molecule has 0 aromatic heterocycles. The largest absolute Gasteiger partial charge is 0.388 e. The number of nitrogens with two attached hydrogens (primary N) is 1. The molecule has 1 aromatic carbocycles. The summed E-state index contributed by atoms with van der Waals surface area (Å²) in [5.41, 5.74) is 11.2. The van der Waals surface area contributed by atoms with Gasteiger partial charge >= 0.3 is 0 Å². The number of aryl methyl sites for hydroxylation is 1. The second-order valence-electron chi connectivity index (χ2n) is 10.6. The standard InChI is InChI=1S/C26H39FN2/c1-20(29-19-24(2,3)4)25-11-14-26(15-12-25,16-13-25)23-9-7-21(8-10-23)5-6-22(17-27)18-28/h7-10,17,29H,1,5-6,11-16,18-19,28H2,2-4H3/b22-17-. The molecule has 0 atom stereocenters. The van der Waals surface area contributed by atoms with Crippen LogP contribution < -0.4 is 11.1 Å². The molecule has 3 saturated carbocycles. The van der Waals surface area contributed by atoms with E-state index in [0.717, 1.165) is 13.0 Å². The Balaban J connectivity index is 1.61. The summed E-state index contributed by atoms with van der Waals surface area (Å²) in [5, 5.41) is 3.67. The zero-order valence-corrected chi connectivity index (χ0v) is 18.6. The Labute approximate surface area is 176 Å². The van der Waals surface area contributed by atoms with Crippen LogP contribution in [-0.2, 0) is 11.8 Å². The third-order valence-corrected chi connectivity index (χ3v) is 7.44. The highest BCUT2D eigenvalue weighted by atomic mass is 19.1. The quantitative estimate of drug-likeness (QED) is 0.549. The van der Waals surface area contributed by atoms with Crippen molar-refractivity contribution in [3.8, 4) is 0 Å². The van der Waals surface area contributed by atoms with Gasteiger partial charge in [-0.05, 0) is 78.9 Å². The van der Waals surface area contributed by atoms with Crippen LogP contribution in [0.5, 0.6) is 0 Å². The average Bonchev–Trinajstić information content (AvgIpc) is 2.74. The summed E-state index contributed by atoms with van der Waals surface area (Å²) in [4.78, 5) is 0. The topological polar surface area (TPSA) is 38.0 Å². The first kappa shape index (κ1) is 22.1. The molecule has 2 nitrogen and oxygen atoms in total. The van der Waals surface area contributed by atoms with E-state index in [-0.39, 0.29) is 5.41 Å². The maximum Gasteiger partial charge on any atom is 0.0871 e. The fraction of sp³-hybridized carbons (Fsp3) is 0.615. The van der Waals surface area contributed by atoms with Gasteiger partial charge in [0.05, 0.1) is 6.33 Å². The van der Waals surface area contributed by atoms with E-state index in [0.29, 0.717) is 35.7 Å². The Morgan fingerprint density at radius 2 is 1.69 bits per heavy atom. The van der Waals surface area contributed by atoms with E-state index in [1.165, 1.54) is 55.3 Å². The summed E-state index contributed by atoms with van der Waals surface area (Å²) in [7, 11) is 0. The molecule has 3 fully saturated rings. The van der Waals surface area contributed by atoms with Gasteiger partial charge in [0.15, 0.2) is 0 Å². The number of nitrogens with one attached hydrogen (secondary N) is 1. The lowest BCUT2D eigenvalue weighted by molar-refractivity contribution is 0.0634. The van der Waals surface area contributed by atoms with Crippen LogP contribution in [0.15, 0.2) is 48.4 Å². The molecular formula is C26H39FN2. The first-order chi connectivity index (χ1) is 13.7. The Morgan fingerprint density at radius 1 is 1.10 bits per heavy atom. The minimum absolute atomic E-state index is 0.277. The van der Waals surface area contributed by atoms with E-state index in [1.807, 2.05) is 0 Å². The van der Waals surface area contributed by atoms with Crippen LogP contribution in [0.25, 0.3) is 0 Å². The smallest absolute Gasteiger partial charge is 0.0871 e. The number of hydrogen-bond acceptors (Lipinski definition) is 2. The van der Waals surface area contributed by atoms with Crippen molar-refractivity contribution in [1.29, 1.82) is 0 Å². The molecule has 0 amide bonds. The van der Waals surface area contributed by atoms with E-state index in [9.17, 15) is 4.39 Å². The molecular weight excluding hydrogens is 359 g/mol. The Hall–Kier alpha value is -1.61. The first-order valence-electron chi connectivity index (χ1n) is 11.2. The number of halogens is 1. The van der Waals surface area contributed by atoms with Gasteiger partial charge < -0.3 is 11.1 Å². The number of allylic oxidation sites excluding steroid dienone is 1. The van der Waals surface area contributed by atoms with Crippen LogP contribution in [0.2, 0.25) is 0 Å². The maximum atomic E-state index is 12.7. The molecule has 0 spiro atoms. The van der Waals surface area contributed by atoms with Crippen LogP contribution in [0.4, 0.5) is 4.39 Å². The third kappa shape index (κ3) is 4.94. The Bertz CT molecular complexity index is 714. The Morgan fingerprint density at radius 3 is 2.17 bits per heavy atom. The van der Waals surface area contributed by atoms with Gasteiger partial charge in [-0.1, -0.05) is 51.6 Å². The highest BCUT2D eigenvalue weighted by molar-refractivity contribution is 5.33. The summed E-state index contributed by atoms with van der Waals surface area (Å²) in [5.74, 6) is 0. The van der Waals surface area contributed by atoms with Crippen molar-refractivity contribution < 1.29 is 4.39 Å². The van der Waals surface area contributed by atoms with Crippen LogP contribution in [0, 0.1) is 10.8 Å². The maximum absolute atomic E-state index is 12.7. The molecule has 0 saturated heterocycles.